The first-order valence-corrected chi connectivity index (χ1v) is 4.43. The van der Waals surface area contributed by atoms with Gasteiger partial charge in [-0.25, -0.2) is 14.8 Å². The molecule has 0 bridgehead atoms. The van der Waals surface area contributed by atoms with Crippen LogP contribution in [0.3, 0.4) is 0 Å². The monoisotopic (exact) mass is 211 g/mol. The predicted octanol–water partition coefficient (Wildman–Crippen LogP) is 0.980. The molecular formula is C9H13N3O3. The number of methoxy groups -OCH3 is 1. The van der Waals surface area contributed by atoms with Gasteiger partial charge in [0.05, 0.1) is 6.61 Å². The number of aromatic nitrogens is 2. The number of nitrogens with one attached hydrogen (secondary N) is 1. The maximum atomic E-state index is 11.1. The highest BCUT2D eigenvalue weighted by Gasteiger charge is 2.03. The van der Waals surface area contributed by atoms with Crippen LogP contribution in [0.2, 0.25) is 0 Å². The van der Waals surface area contributed by atoms with Crippen molar-refractivity contribution < 1.29 is 14.3 Å². The van der Waals surface area contributed by atoms with Crippen molar-refractivity contribution >= 4 is 12.0 Å². The Morgan fingerprint density at radius 3 is 2.67 bits per heavy atom. The Morgan fingerprint density at radius 1 is 1.40 bits per heavy atom. The third kappa shape index (κ3) is 4.37. The third-order valence-electron chi connectivity index (χ3n) is 1.52. The fraction of sp³-hybridized carbons (Fsp3) is 0.444. The van der Waals surface area contributed by atoms with Gasteiger partial charge in [0.2, 0.25) is 5.95 Å². The number of nitrogens with zero attached hydrogens (tertiary/aromatic N) is 2. The Labute approximate surface area is 87.6 Å². The normalized spacial score (nSPS) is 9.73. The molecule has 1 aromatic heterocycles. The van der Waals surface area contributed by atoms with Crippen LogP contribution in [0.15, 0.2) is 12.4 Å². The molecule has 0 unspecified atom stereocenters. The van der Waals surface area contributed by atoms with Crippen molar-refractivity contribution in [1.29, 1.82) is 0 Å². The fourth-order valence-corrected chi connectivity index (χ4v) is 0.802. The van der Waals surface area contributed by atoms with Crippen LogP contribution in [-0.2, 0) is 9.47 Å². The molecule has 0 fully saturated rings. The molecule has 1 heterocycles. The van der Waals surface area contributed by atoms with Gasteiger partial charge in [-0.1, -0.05) is 0 Å². The van der Waals surface area contributed by atoms with Gasteiger partial charge in [0.1, 0.15) is 6.61 Å². The maximum absolute atomic E-state index is 11.1. The van der Waals surface area contributed by atoms with E-state index in [-0.39, 0.29) is 12.6 Å². The van der Waals surface area contributed by atoms with E-state index in [4.69, 9.17) is 9.47 Å². The summed E-state index contributed by atoms with van der Waals surface area (Å²) in [5.74, 6) is 0.225. The Bertz CT molecular complexity index is 313. The molecule has 0 atom stereocenters. The van der Waals surface area contributed by atoms with E-state index in [0.29, 0.717) is 6.61 Å². The van der Waals surface area contributed by atoms with Crippen molar-refractivity contribution in [1.82, 2.24) is 9.97 Å². The van der Waals surface area contributed by atoms with Crippen molar-refractivity contribution in [3.8, 4) is 0 Å². The van der Waals surface area contributed by atoms with E-state index in [1.165, 1.54) is 7.11 Å². The van der Waals surface area contributed by atoms with Gasteiger partial charge in [0.25, 0.3) is 0 Å². The van der Waals surface area contributed by atoms with Crippen molar-refractivity contribution in [3.63, 3.8) is 0 Å². The highest BCUT2D eigenvalue weighted by atomic mass is 16.6. The van der Waals surface area contributed by atoms with Crippen LogP contribution >= 0.6 is 0 Å². The van der Waals surface area contributed by atoms with Crippen LogP contribution in [0, 0.1) is 6.92 Å². The lowest BCUT2D eigenvalue weighted by atomic mass is 10.4. The lowest BCUT2D eigenvalue weighted by Crippen LogP contribution is -2.17. The van der Waals surface area contributed by atoms with Gasteiger partial charge in [0, 0.05) is 19.5 Å². The predicted molar refractivity (Wildman–Crippen MR) is 53.6 cm³/mol. The Morgan fingerprint density at radius 2 is 2.07 bits per heavy atom. The molecule has 1 N–H and O–H groups in total. The second kappa shape index (κ2) is 5.92. The van der Waals surface area contributed by atoms with Crippen LogP contribution in [0.5, 0.6) is 0 Å². The molecule has 6 heteroatoms. The van der Waals surface area contributed by atoms with Gasteiger partial charge in [-0.2, -0.15) is 0 Å². The van der Waals surface area contributed by atoms with Gasteiger partial charge >= 0.3 is 6.09 Å². The molecule has 0 radical (unpaired) electrons. The second-order valence-corrected chi connectivity index (χ2v) is 2.84. The average molecular weight is 211 g/mol. The van der Waals surface area contributed by atoms with E-state index in [1.54, 1.807) is 12.4 Å². The Hall–Kier alpha value is -1.69. The summed E-state index contributed by atoms with van der Waals surface area (Å²) >= 11 is 0. The number of anilines is 1. The lowest BCUT2D eigenvalue weighted by Gasteiger charge is -2.04. The van der Waals surface area contributed by atoms with Crippen LogP contribution < -0.4 is 5.32 Å². The number of hydrogen-bond donors (Lipinski definition) is 1. The number of carbonyl (C=O) groups excluding carboxylic acids is 1. The second-order valence-electron chi connectivity index (χ2n) is 2.84. The summed E-state index contributed by atoms with van der Waals surface area (Å²) < 4.78 is 9.48. The molecule has 0 spiro atoms. The summed E-state index contributed by atoms with van der Waals surface area (Å²) in [5.41, 5.74) is 0.924. The molecule has 0 saturated heterocycles. The number of carbonyl (C=O) groups is 1. The van der Waals surface area contributed by atoms with E-state index in [0.717, 1.165) is 5.56 Å². The zero-order valence-electron chi connectivity index (χ0n) is 8.69. The van der Waals surface area contributed by atoms with E-state index < -0.39 is 6.09 Å². The number of aryl methyl sites for hydroxylation is 1. The number of hydrogen-bond acceptors (Lipinski definition) is 5. The van der Waals surface area contributed by atoms with Gasteiger partial charge in [0.15, 0.2) is 0 Å². The first kappa shape index (κ1) is 11.4. The zero-order chi connectivity index (χ0) is 11.1. The van der Waals surface area contributed by atoms with E-state index >= 15 is 0 Å². The molecule has 6 nitrogen and oxygen atoms in total. The minimum absolute atomic E-state index is 0.203. The van der Waals surface area contributed by atoms with Gasteiger partial charge in [-0.05, 0) is 12.5 Å². The maximum Gasteiger partial charge on any atom is 0.414 e. The summed E-state index contributed by atoms with van der Waals surface area (Å²) in [4.78, 5) is 18.9. The van der Waals surface area contributed by atoms with Crippen LogP contribution in [0.4, 0.5) is 10.7 Å². The van der Waals surface area contributed by atoms with Crippen molar-refractivity contribution in [2.75, 3.05) is 25.6 Å². The van der Waals surface area contributed by atoms with E-state index in [2.05, 4.69) is 15.3 Å². The lowest BCUT2D eigenvalue weighted by molar-refractivity contribution is 0.107. The summed E-state index contributed by atoms with van der Waals surface area (Å²) in [6.45, 7) is 2.43. The molecule has 82 valence electrons. The first-order valence-electron chi connectivity index (χ1n) is 4.43. The first-order chi connectivity index (χ1) is 7.22. The minimum Gasteiger partial charge on any atom is -0.447 e. The fourth-order valence-electron chi connectivity index (χ4n) is 0.802. The highest BCUT2D eigenvalue weighted by molar-refractivity contribution is 5.82. The molecule has 0 aliphatic carbocycles. The van der Waals surface area contributed by atoms with Crippen LogP contribution in [0.1, 0.15) is 5.56 Å². The number of ether oxygens (including phenoxy) is 2. The van der Waals surface area contributed by atoms with Crippen LogP contribution in [0.25, 0.3) is 0 Å². The average Bonchev–Trinajstić information content (AvgIpc) is 2.22. The van der Waals surface area contributed by atoms with E-state index in [1.807, 2.05) is 6.92 Å². The zero-order valence-corrected chi connectivity index (χ0v) is 8.69. The van der Waals surface area contributed by atoms with Gasteiger partial charge in [-0.15, -0.1) is 0 Å². The summed E-state index contributed by atoms with van der Waals surface area (Å²) in [7, 11) is 1.53. The van der Waals surface area contributed by atoms with Gasteiger partial charge in [-0.3, -0.25) is 5.32 Å². The minimum atomic E-state index is -0.587. The van der Waals surface area contributed by atoms with Crippen LogP contribution in [-0.4, -0.2) is 36.4 Å². The van der Waals surface area contributed by atoms with Crippen molar-refractivity contribution in [2.24, 2.45) is 0 Å². The summed E-state index contributed by atoms with van der Waals surface area (Å²) in [6, 6.07) is 0. The molecule has 0 saturated carbocycles. The molecule has 0 aliphatic rings. The van der Waals surface area contributed by atoms with Crippen molar-refractivity contribution in [3.05, 3.63) is 18.0 Å². The summed E-state index contributed by atoms with van der Waals surface area (Å²) in [6.07, 6.45) is 2.63. The Kier molecular flexibility index (Phi) is 4.49. The van der Waals surface area contributed by atoms with Gasteiger partial charge < -0.3 is 9.47 Å². The number of rotatable bonds is 4. The summed E-state index contributed by atoms with van der Waals surface area (Å²) in [5, 5.41) is 2.39. The SMILES string of the molecule is COCCOC(=O)Nc1ncc(C)cn1. The molecule has 15 heavy (non-hydrogen) atoms. The molecule has 0 aliphatic heterocycles. The Balaban J connectivity index is 2.34. The smallest absolute Gasteiger partial charge is 0.414 e. The molecule has 1 aromatic rings. The van der Waals surface area contributed by atoms with Crippen molar-refractivity contribution in [2.45, 2.75) is 6.92 Å². The molecule has 0 aromatic carbocycles. The molecule has 1 amide bonds. The largest absolute Gasteiger partial charge is 0.447 e. The topological polar surface area (TPSA) is 73.3 Å². The molecule has 1 rings (SSSR count). The van der Waals surface area contributed by atoms with E-state index in [9.17, 15) is 4.79 Å². The number of amides is 1. The standard InChI is InChI=1S/C9H13N3O3/c1-7-5-10-8(11-6-7)12-9(13)15-4-3-14-2/h5-6H,3-4H2,1-2H3,(H,10,11,12,13). The highest BCUT2D eigenvalue weighted by Crippen LogP contribution is 1.98. The third-order valence-corrected chi connectivity index (χ3v) is 1.52. The molecular weight excluding hydrogens is 198 g/mol. The quantitative estimate of drug-likeness (QED) is 0.751.